The number of hydrogen-bond donors (Lipinski definition) is 1. The molecule has 9 nitrogen and oxygen atoms in total. The van der Waals surface area contributed by atoms with E-state index < -0.39 is 11.9 Å². The molecule has 0 aromatic carbocycles. The third-order valence-electron chi connectivity index (χ3n) is 6.04. The number of ether oxygens (including phenoxy) is 1. The summed E-state index contributed by atoms with van der Waals surface area (Å²) in [7, 11) is 0. The Hall–Kier alpha value is -4.13. The average Bonchev–Trinajstić information content (AvgIpc) is 3.46. The zero-order valence-electron chi connectivity index (χ0n) is 18.1. The first-order chi connectivity index (χ1) is 16.0. The topological polar surface area (TPSA) is 110 Å². The number of aromatic nitrogens is 5. The van der Waals surface area contributed by atoms with E-state index in [-0.39, 0.29) is 6.04 Å². The van der Waals surface area contributed by atoms with Gasteiger partial charge in [0.15, 0.2) is 6.19 Å². The van der Waals surface area contributed by atoms with Crippen LogP contribution in [0.15, 0.2) is 49.1 Å². The first-order valence-electron chi connectivity index (χ1n) is 10.8. The lowest BCUT2D eigenvalue weighted by molar-refractivity contribution is 0.224. The molecule has 1 saturated heterocycles. The molecule has 5 rings (SSSR count). The molecule has 1 aliphatic rings. The van der Waals surface area contributed by atoms with Gasteiger partial charge in [-0.1, -0.05) is 0 Å². The second kappa shape index (κ2) is 8.43. The Kier molecular flexibility index (Phi) is 5.30. The maximum absolute atomic E-state index is 13.2. The summed E-state index contributed by atoms with van der Waals surface area (Å²) in [5.74, 6) is 0.783. The number of nitriles is 1. The molecule has 2 N–H and O–H groups in total. The van der Waals surface area contributed by atoms with Crippen molar-refractivity contribution >= 4 is 11.3 Å². The van der Waals surface area contributed by atoms with Crippen molar-refractivity contribution in [2.24, 2.45) is 0 Å². The number of pyridine rings is 2. The molecule has 1 atom stereocenters. The summed E-state index contributed by atoms with van der Waals surface area (Å²) < 4.78 is 23.0. The minimum Gasteiger partial charge on any atom is -0.482 e. The fourth-order valence-corrected chi connectivity index (χ4v) is 4.21. The predicted octanol–water partition coefficient (Wildman–Crippen LogP) is 3.57. The molecule has 0 bridgehead atoms. The summed E-state index contributed by atoms with van der Waals surface area (Å²) in [6, 6.07) is 6.89. The average molecular weight is 446 g/mol. The lowest BCUT2D eigenvalue weighted by atomic mass is 10.1. The van der Waals surface area contributed by atoms with E-state index in [4.69, 9.17) is 15.7 Å². The first-order valence-corrected chi connectivity index (χ1v) is 10.8. The molecule has 1 aliphatic heterocycles. The van der Waals surface area contributed by atoms with Crippen LogP contribution in [0.25, 0.3) is 16.6 Å². The molecule has 0 aliphatic carbocycles. The van der Waals surface area contributed by atoms with Gasteiger partial charge in [-0.3, -0.25) is 4.98 Å². The minimum atomic E-state index is -0.398. The van der Waals surface area contributed by atoms with E-state index >= 15 is 0 Å². The second-order valence-corrected chi connectivity index (χ2v) is 8.12. The van der Waals surface area contributed by atoms with Crippen LogP contribution in [0.3, 0.4) is 0 Å². The van der Waals surface area contributed by atoms with Crippen LogP contribution >= 0.6 is 0 Å². The van der Waals surface area contributed by atoms with Crippen molar-refractivity contribution in [1.82, 2.24) is 29.3 Å². The van der Waals surface area contributed by atoms with Crippen LogP contribution in [0.4, 0.5) is 10.2 Å². The zero-order valence-corrected chi connectivity index (χ0v) is 18.1. The summed E-state index contributed by atoms with van der Waals surface area (Å²) in [6.07, 6.45) is 9.94. The van der Waals surface area contributed by atoms with Gasteiger partial charge in [0, 0.05) is 30.4 Å². The number of anilines is 1. The van der Waals surface area contributed by atoms with Gasteiger partial charge in [0.1, 0.15) is 29.0 Å². The van der Waals surface area contributed by atoms with Gasteiger partial charge in [-0.2, -0.15) is 15.5 Å². The highest BCUT2D eigenvalue weighted by atomic mass is 19.1. The van der Waals surface area contributed by atoms with Crippen molar-refractivity contribution in [1.29, 1.82) is 5.26 Å². The van der Waals surface area contributed by atoms with Crippen LogP contribution < -0.4 is 10.5 Å². The molecule has 168 valence electrons. The molecular formula is C23H23FN8O. The summed E-state index contributed by atoms with van der Waals surface area (Å²) in [6.45, 7) is 3.25. The lowest BCUT2D eigenvalue weighted by Crippen LogP contribution is -2.31. The molecular weight excluding hydrogens is 423 g/mol. The van der Waals surface area contributed by atoms with E-state index in [1.807, 2.05) is 29.9 Å². The van der Waals surface area contributed by atoms with Crippen molar-refractivity contribution in [3.63, 3.8) is 0 Å². The van der Waals surface area contributed by atoms with E-state index in [2.05, 4.69) is 21.4 Å². The van der Waals surface area contributed by atoms with Crippen LogP contribution in [0.1, 0.15) is 37.6 Å². The maximum Gasteiger partial charge on any atom is 0.179 e. The van der Waals surface area contributed by atoms with Gasteiger partial charge < -0.3 is 15.4 Å². The third kappa shape index (κ3) is 3.93. The maximum atomic E-state index is 13.2. The molecule has 0 unspecified atom stereocenters. The molecule has 4 aromatic rings. The minimum absolute atomic E-state index is 0.150. The monoisotopic (exact) mass is 446 g/mol. The molecule has 0 spiro atoms. The van der Waals surface area contributed by atoms with E-state index in [0.29, 0.717) is 30.4 Å². The van der Waals surface area contributed by atoms with E-state index in [1.165, 1.54) is 12.3 Å². The van der Waals surface area contributed by atoms with E-state index in [1.54, 1.807) is 27.9 Å². The first kappa shape index (κ1) is 20.8. The third-order valence-corrected chi connectivity index (χ3v) is 6.04. The van der Waals surface area contributed by atoms with Gasteiger partial charge in [0.05, 0.1) is 30.3 Å². The van der Waals surface area contributed by atoms with Crippen LogP contribution in [-0.2, 0) is 0 Å². The Morgan fingerprint density at radius 1 is 1.21 bits per heavy atom. The zero-order chi connectivity index (χ0) is 22.9. The van der Waals surface area contributed by atoms with Gasteiger partial charge in [0.2, 0.25) is 0 Å². The largest absolute Gasteiger partial charge is 0.482 e. The number of nitrogens with zero attached hydrogens (tertiary/aromatic N) is 7. The quantitative estimate of drug-likeness (QED) is 0.467. The molecule has 0 amide bonds. The summed E-state index contributed by atoms with van der Waals surface area (Å²) in [5.41, 5.74) is 9.53. The summed E-state index contributed by atoms with van der Waals surface area (Å²) >= 11 is 0. The Morgan fingerprint density at radius 3 is 2.76 bits per heavy atom. The molecule has 0 radical (unpaired) electrons. The molecule has 10 heteroatoms. The molecule has 33 heavy (non-hydrogen) atoms. The van der Waals surface area contributed by atoms with Gasteiger partial charge in [-0.15, -0.1) is 0 Å². The van der Waals surface area contributed by atoms with E-state index in [0.717, 1.165) is 29.5 Å². The van der Waals surface area contributed by atoms with Gasteiger partial charge in [-0.05, 0) is 44.0 Å². The highest BCUT2D eigenvalue weighted by molar-refractivity contribution is 5.77. The lowest BCUT2D eigenvalue weighted by Gasteiger charge is -2.28. The number of fused-ring (bicyclic) bond motifs is 1. The summed E-state index contributed by atoms with van der Waals surface area (Å²) in [5, 5.41) is 18.0. The number of halogens is 1. The van der Waals surface area contributed by atoms with Crippen LogP contribution in [0.5, 0.6) is 5.75 Å². The number of nitrogen functional groups attached to an aromatic ring is 1. The Labute approximate surface area is 189 Å². The van der Waals surface area contributed by atoms with Crippen LogP contribution in [-0.4, -0.2) is 42.4 Å². The van der Waals surface area contributed by atoms with Crippen molar-refractivity contribution in [2.75, 3.05) is 18.8 Å². The number of nitrogens with two attached hydrogens (primary N) is 1. The smallest absolute Gasteiger partial charge is 0.179 e. The molecule has 4 aromatic heterocycles. The van der Waals surface area contributed by atoms with Crippen molar-refractivity contribution in [3.05, 3.63) is 60.6 Å². The number of rotatable bonds is 5. The molecule has 5 heterocycles. The van der Waals surface area contributed by atoms with Gasteiger partial charge >= 0.3 is 0 Å². The van der Waals surface area contributed by atoms with Gasteiger partial charge in [0.25, 0.3) is 0 Å². The fraction of sp³-hybridized carbons (Fsp3) is 0.304. The molecule has 0 saturated carbocycles. The van der Waals surface area contributed by atoms with Crippen LogP contribution in [0, 0.1) is 17.3 Å². The predicted molar refractivity (Wildman–Crippen MR) is 120 cm³/mol. The molecule has 1 fully saturated rings. The fourth-order valence-electron chi connectivity index (χ4n) is 4.21. The normalized spacial score (nSPS) is 15.5. The number of hydrogen-bond acceptors (Lipinski definition) is 7. The standard InChI is InChI=1S/C23H23FN8O/c1-15(20-3-2-17(24)11-27-20)33-22-10-16(13-31-21(22)4-7-28-31)19-12-29-32(23(19)26)18-5-8-30(14-25)9-6-18/h2-4,7,10-13,15,18H,5-6,8-9,26H2,1H3/t15-/m1/s1. The second-order valence-electron chi connectivity index (χ2n) is 8.12. The highest BCUT2D eigenvalue weighted by Crippen LogP contribution is 2.35. The Morgan fingerprint density at radius 2 is 2.03 bits per heavy atom. The van der Waals surface area contributed by atoms with Crippen molar-refractivity contribution in [3.8, 4) is 23.1 Å². The van der Waals surface area contributed by atoms with Crippen molar-refractivity contribution in [2.45, 2.75) is 31.9 Å². The summed E-state index contributed by atoms with van der Waals surface area (Å²) in [4.78, 5) is 5.88. The van der Waals surface area contributed by atoms with Crippen LogP contribution in [0.2, 0.25) is 0 Å². The highest BCUT2D eigenvalue weighted by Gasteiger charge is 2.24. The van der Waals surface area contributed by atoms with E-state index in [9.17, 15) is 4.39 Å². The Bertz CT molecular complexity index is 1310. The van der Waals surface area contributed by atoms with Crippen molar-refractivity contribution < 1.29 is 9.13 Å². The number of likely N-dealkylation sites (tertiary alicyclic amines) is 1. The number of piperidine rings is 1. The van der Waals surface area contributed by atoms with Gasteiger partial charge in [-0.25, -0.2) is 13.6 Å². The Balaban J connectivity index is 1.46. The SMILES string of the molecule is C[C@@H](Oc1cc(-c2cnn(C3CCN(C#N)CC3)c2N)cn2nccc12)c1ccc(F)cn1.